The second-order valence-electron chi connectivity index (χ2n) is 32.3. The van der Waals surface area contributed by atoms with Gasteiger partial charge in [0.1, 0.15) is 0 Å². The molecule has 11 aliphatic rings. The Morgan fingerprint density at radius 1 is 0.196 bits per heavy atom. The Hall–Kier alpha value is -10.9. The van der Waals surface area contributed by atoms with Crippen LogP contribution in [0.15, 0.2) is 174 Å². The maximum absolute atomic E-state index is 2.68. The first-order valence-corrected chi connectivity index (χ1v) is 34.3. The molecule has 0 heteroatoms. The van der Waals surface area contributed by atoms with Gasteiger partial charge in [-0.3, -0.25) is 0 Å². The van der Waals surface area contributed by atoms with E-state index in [4.69, 9.17) is 0 Å². The van der Waals surface area contributed by atoms with Crippen LogP contribution in [-0.4, -0.2) is 0 Å². The van der Waals surface area contributed by atoms with Gasteiger partial charge in [0.05, 0.1) is 21.7 Å². The Bertz CT molecular complexity index is 8470. The van der Waals surface area contributed by atoms with E-state index in [2.05, 4.69) is 152 Å². The second-order valence-corrected chi connectivity index (χ2v) is 32.3. The maximum atomic E-state index is 2.68. The fraction of sp³-hybridized carbons (Fsp3) is 0.0870. The molecule has 92 heavy (non-hydrogen) atoms. The standard InChI is InChI=1S/C92H30/c1-6-16-28(17-7-1)26-88-73-63-53-43-38-33-34-36-37-35(33)40-46-44(38)54(53)64-66-56(46)58-48(40)50-42(37)52-51-41(36)49-47-39(34)45(43)55-57(47)67-69-59(49)61(51)71-72-62(52)60(50)70-68(58)78-76(66)89(74(64)73,27-29-18-8-2-9-19-29)84-83(88)85-87-86(84)91(78,31-22-12-4-13-23-31)80(70)82(72)92(87,32-24-14-5-15-25-32)81(71)79(69)90(85,30-20-10-3-11-21-30)77(67)75(88)65(55)63/h1-25,85H,26-27H2/t85-,88+,89-,90+,91-,92+/m1/s1. The van der Waals surface area contributed by atoms with E-state index in [-0.39, 0.29) is 5.92 Å². The molecule has 0 nitrogen and oxygen atoms in total. The van der Waals surface area contributed by atoms with Gasteiger partial charge in [0.25, 0.3) is 0 Å². The summed E-state index contributed by atoms with van der Waals surface area (Å²) in [7, 11) is 0. The molecule has 0 aromatic heterocycles. The van der Waals surface area contributed by atoms with Crippen molar-refractivity contribution in [1.29, 1.82) is 0 Å². The van der Waals surface area contributed by atoms with Crippen LogP contribution in [0.5, 0.6) is 0 Å². The zero-order valence-corrected chi connectivity index (χ0v) is 48.4. The van der Waals surface area contributed by atoms with Crippen molar-refractivity contribution in [3.05, 3.63) is 257 Å². The van der Waals surface area contributed by atoms with E-state index in [9.17, 15) is 0 Å². The maximum Gasteiger partial charge on any atom is 0.0724 e. The highest BCUT2D eigenvalue weighted by molar-refractivity contribution is 6.77. The molecule has 0 N–H and O–H groups in total. The molecule has 0 fully saturated rings. The zero-order valence-electron chi connectivity index (χ0n) is 48.4. The van der Waals surface area contributed by atoms with Crippen molar-refractivity contribution in [3.8, 4) is 0 Å². The summed E-state index contributed by atoms with van der Waals surface area (Å²) in [6, 6.07) is 62.2. The average Bonchev–Trinajstić information content (AvgIpc) is 1.37. The Labute approximate surface area is 515 Å². The minimum absolute atomic E-state index is 0.0163. The van der Waals surface area contributed by atoms with Crippen LogP contribution in [0, 0.1) is 5.92 Å². The first-order chi connectivity index (χ1) is 45.8. The molecule has 26 aromatic rings. The third kappa shape index (κ3) is 2.41. The Kier molecular flexibility index (Phi) is 4.11. The number of allylic oxidation sites excluding steroid dienone is 4. The fourth-order valence-electron chi connectivity index (χ4n) is 30.8. The molecule has 11 aliphatic carbocycles. The largest absolute Gasteiger partial charge is 0.0724 e. The highest BCUT2D eigenvalue weighted by Crippen LogP contribution is 2.92. The number of rotatable bonds is 7. The SMILES string of the molecule is c1ccc(C[C@@]23C4=C5C6=C7[C@@H]4[C@@]4(c8ccccc8)c8c2c2c9c3c3c%10c%11c(c%12c%13c%14c(c%15c%16c%17c(c4c4c8c8c2c2c%18c9c%10c9c%10c%11c%13c%11c%13c%14c%16c%14c%16c%17c4c4c8c2c2c(c9%18)c(c%10%11)c(c%13%14)c2c%164)[C@]7%15c2ccccc2)[C@]6%12c2ccccc2)[C@]53Cc2ccccc2)cc1. The normalized spacial score (nSPS) is 26.4. The summed E-state index contributed by atoms with van der Waals surface area (Å²) in [4.78, 5) is 0. The van der Waals surface area contributed by atoms with Crippen LogP contribution < -0.4 is 0 Å². The van der Waals surface area contributed by atoms with Gasteiger partial charge in [-0.05, 0) is 334 Å². The predicted octanol–water partition coefficient (Wildman–Crippen LogP) is 21.5. The molecule has 0 aliphatic heterocycles. The van der Waals surface area contributed by atoms with Crippen molar-refractivity contribution in [2.75, 3.05) is 0 Å². The van der Waals surface area contributed by atoms with E-state index < -0.39 is 27.1 Å². The summed E-state index contributed by atoms with van der Waals surface area (Å²) < 4.78 is 0. The molecule has 0 saturated carbocycles. The van der Waals surface area contributed by atoms with Crippen LogP contribution in [0.3, 0.4) is 0 Å². The van der Waals surface area contributed by atoms with E-state index in [1.54, 1.807) is 288 Å². The van der Waals surface area contributed by atoms with Crippen molar-refractivity contribution in [3.63, 3.8) is 0 Å². The minimum Gasteiger partial charge on any atom is -0.0622 e. The van der Waals surface area contributed by atoms with Crippen LogP contribution in [0.4, 0.5) is 0 Å². The number of benzene rings is 20. The van der Waals surface area contributed by atoms with Gasteiger partial charge in [0.2, 0.25) is 0 Å². The highest BCUT2D eigenvalue weighted by atomic mass is 14.8. The van der Waals surface area contributed by atoms with E-state index in [0.717, 1.165) is 12.8 Å². The van der Waals surface area contributed by atoms with Crippen molar-refractivity contribution >= 4 is 215 Å². The molecule has 37 rings (SSSR count). The molecule has 6 atom stereocenters. The second kappa shape index (κ2) is 9.80. The van der Waals surface area contributed by atoms with Gasteiger partial charge >= 0.3 is 0 Å². The van der Waals surface area contributed by atoms with Gasteiger partial charge in [-0.1, -0.05) is 152 Å². The summed E-state index contributed by atoms with van der Waals surface area (Å²) in [6.45, 7) is 0. The zero-order chi connectivity index (χ0) is 56.2. The third-order valence-corrected chi connectivity index (χ3v) is 31.2. The Morgan fingerprint density at radius 3 is 0.848 bits per heavy atom. The molecule has 0 amide bonds. The van der Waals surface area contributed by atoms with Gasteiger partial charge in [-0.15, -0.1) is 0 Å². The van der Waals surface area contributed by atoms with Gasteiger partial charge in [0, 0.05) is 11.3 Å². The van der Waals surface area contributed by atoms with Gasteiger partial charge < -0.3 is 0 Å². The first-order valence-electron chi connectivity index (χ1n) is 34.3. The fourth-order valence-corrected chi connectivity index (χ4v) is 30.8. The summed E-state index contributed by atoms with van der Waals surface area (Å²) >= 11 is 0. The van der Waals surface area contributed by atoms with E-state index in [0.29, 0.717) is 0 Å². The lowest BCUT2D eigenvalue weighted by atomic mass is 9.40. The highest BCUT2D eigenvalue weighted by Gasteiger charge is 2.82. The Balaban J connectivity index is 1.03. The lowest BCUT2D eigenvalue weighted by molar-refractivity contribution is 0.348. The number of hydrogen-bond donors (Lipinski definition) is 0. The smallest absolute Gasteiger partial charge is 0.0622 e. The average molecular weight is 1140 g/mol. The van der Waals surface area contributed by atoms with Crippen molar-refractivity contribution in [1.82, 2.24) is 0 Å². The van der Waals surface area contributed by atoms with E-state index in [1.807, 2.05) is 5.57 Å². The van der Waals surface area contributed by atoms with Gasteiger partial charge in [-0.2, -0.15) is 0 Å². The van der Waals surface area contributed by atoms with Crippen LogP contribution in [0.1, 0.15) is 83.5 Å². The van der Waals surface area contributed by atoms with E-state index in [1.165, 1.54) is 27.8 Å². The molecule has 0 spiro atoms. The van der Waals surface area contributed by atoms with Crippen LogP contribution in [0.25, 0.3) is 215 Å². The molecule has 26 aromatic carbocycles. The van der Waals surface area contributed by atoms with E-state index >= 15 is 0 Å². The molecule has 398 valence electrons. The predicted molar refractivity (Wildman–Crippen MR) is 376 cm³/mol. The molecular weight excluding hydrogens is 1110 g/mol. The van der Waals surface area contributed by atoms with Crippen molar-refractivity contribution < 1.29 is 0 Å². The molecule has 0 radical (unpaired) electrons. The summed E-state index contributed by atoms with van der Waals surface area (Å²) in [6.07, 6.45) is 1.89. The van der Waals surface area contributed by atoms with Crippen molar-refractivity contribution in [2.45, 2.75) is 39.9 Å². The molecule has 0 saturated heterocycles. The van der Waals surface area contributed by atoms with Gasteiger partial charge in [-0.25, -0.2) is 0 Å². The quantitative estimate of drug-likeness (QED) is 0.140. The van der Waals surface area contributed by atoms with Crippen LogP contribution in [-0.2, 0) is 39.9 Å². The lowest BCUT2D eigenvalue weighted by Gasteiger charge is -2.60. The van der Waals surface area contributed by atoms with Gasteiger partial charge in [0.15, 0.2) is 0 Å². The lowest BCUT2D eigenvalue weighted by Crippen LogP contribution is -2.57. The molecular formula is C92H30. The van der Waals surface area contributed by atoms with Crippen molar-refractivity contribution in [2.24, 2.45) is 5.92 Å². The monoisotopic (exact) mass is 1130 g/mol. The topological polar surface area (TPSA) is 0 Å². The summed E-state index contributed by atoms with van der Waals surface area (Å²) in [5.41, 5.74) is 29.0. The molecule has 0 heterocycles. The minimum atomic E-state index is -0.601. The molecule has 0 unspecified atom stereocenters. The third-order valence-electron chi connectivity index (χ3n) is 31.2. The first kappa shape index (κ1) is 38.6. The number of hydrogen-bond acceptors (Lipinski definition) is 0. The summed E-state index contributed by atoms with van der Waals surface area (Å²) in [5.74, 6) is 0.0163. The molecule has 0 bridgehead atoms. The summed E-state index contributed by atoms with van der Waals surface area (Å²) in [5, 5.41) is 65.8. The van der Waals surface area contributed by atoms with Crippen LogP contribution in [0.2, 0.25) is 0 Å². The van der Waals surface area contributed by atoms with Crippen LogP contribution >= 0.6 is 0 Å². The Morgan fingerprint density at radius 2 is 0.446 bits per heavy atom.